The fourth-order valence-electron chi connectivity index (χ4n) is 2.24. The lowest BCUT2D eigenvalue weighted by Crippen LogP contribution is -2.24. The van der Waals surface area contributed by atoms with Crippen LogP contribution in [0.4, 0.5) is 5.69 Å². The molecule has 0 aromatic heterocycles. The first-order valence-electron chi connectivity index (χ1n) is 7.66. The summed E-state index contributed by atoms with van der Waals surface area (Å²) < 4.78 is 5.63. The van der Waals surface area contributed by atoms with Crippen molar-refractivity contribution in [3.63, 3.8) is 0 Å². The molecule has 1 amide bonds. The number of para-hydroxylation sites is 1. The van der Waals surface area contributed by atoms with Gasteiger partial charge in [0.15, 0.2) is 0 Å². The second-order valence-electron chi connectivity index (χ2n) is 5.53. The maximum atomic E-state index is 11.9. The Balaban J connectivity index is 1.82. The van der Waals surface area contributed by atoms with Gasteiger partial charge in [0.1, 0.15) is 5.75 Å². The Morgan fingerprint density at radius 1 is 1.21 bits per heavy atom. The maximum Gasteiger partial charge on any atom is 0.274 e. The highest BCUT2D eigenvalue weighted by molar-refractivity contribution is 5.76. The minimum Gasteiger partial charge on any atom is -0.493 e. The maximum absolute atomic E-state index is 11.9. The summed E-state index contributed by atoms with van der Waals surface area (Å²) in [5.41, 5.74) is 2.59. The number of nitro groups is 1. The van der Waals surface area contributed by atoms with Crippen LogP contribution in [0.5, 0.6) is 5.75 Å². The molecule has 0 saturated carbocycles. The summed E-state index contributed by atoms with van der Waals surface area (Å²) in [6.07, 6.45) is 0.189. The monoisotopic (exact) mass is 328 g/mol. The molecule has 0 unspecified atom stereocenters. The van der Waals surface area contributed by atoms with Crippen LogP contribution in [0.15, 0.2) is 42.5 Å². The van der Waals surface area contributed by atoms with Crippen LogP contribution in [-0.4, -0.2) is 17.4 Å². The van der Waals surface area contributed by atoms with E-state index in [0.717, 1.165) is 16.9 Å². The van der Waals surface area contributed by atoms with Crippen LogP contribution in [0.1, 0.15) is 23.1 Å². The van der Waals surface area contributed by atoms with E-state index >= 15 is 0 Å². The van der Waals surface area contributed by atoms with E-state index in [1.807, 2.05) is 32.0 Å². The lowest BCUT2D eigenvalue weighted by Gasteiger charge is -2.10. The zero-order valence-corrected chi connectivity index (χ0v) is 13.7. The third-order valence-corrected chi connectivity index (χ3v) is 3.59. The molecule has 0 aliphatic carbocycles. The third-order valence-electron chi connectivity index (χ3n) is 3.59. The quantitative estimate of drug-likeness (QED) is 0.624. The molecule has 0 atom stereocenters. The van der Waals surface area contributed by atoms with Gasteiger partial charge in [-0.3, -0.25) is 14.9 Å². The minimum absolute atomic E-state index is 0.00411. The predicted octanol–water partition coefficient (Wildman–Crippen LogP) is 3.30. The molecule has 24 heavy (non-hydrogen) atoms. The normalized spacial score (nSPS) is 10.2. The number of nitrogens with one attached hydrogen (secondary N) is 1. The predicted molar refractivity (Wildman–Crippen MR) is 91.0 cm³/mol. The smallest absolute Gasteiger partial charge is 0.274 e. The second kappa shape index (κ2) is 8.10. The van der Waals surface area contributed by atoms with Crippen molar-refractivity contribution in [2.24, 2.45) is 0 Å². The van der Waals surface area contributed by atoms with Crippen LogP contribution in [0.2, 0.25) is 0 Å². The number of carbonyl (C=O) groups excluding carboxylic acids is 1. The zero-order valence-electron chi connectivity index (χ0n) is 13.7. The van der Waals surface area contributed by atoms with Crippen molar-refractivity contribution >= 4 is 11.6 Å². The van der Waals surface area contributed by atoms with E-state index in [4.69, 9.17) is 4.74 Å². The van der Waals surface area contributed by atoms with Crippen LogP contribution < -0.4 is 10.1 Å². The number of hydrogen-bond acceptors (Lipinski definition) is 4. The first kappa shape index (κ1) is 17.5. The minimum atomic E-state index is -0.453. The molecule has 2 rings (SSSR count). The van der Waals surface area contributed by atoms with Crippen molar-refractivity contribution in [1.29, 1.82) is 0 Å². The highest BCUT2D eigenvalue weighted by atomic mass is 16.6. The standard InChI is InChI=1S/C18H20N2O4/c1-13-7-8-14(2)17(11-13)24-10-9-18(21)19-12-15-5-3-4-6-16(15)20(22)23/h3-8,11H,9-10,12H2,1-2H3,(H,19,21). The number of nitrogens with zero attached hydrogens (tertiary/aromatic N) is 1. The summed E-state index contributed by atoms with van der Waals surface area (Å²) in [6, 6.07) is 12.3. The molecule has 2 aromatic rings. The van der Waals surface area contributed by atoms with Gasteiger partial charge in [0, 0.05) is 18.2 Å². The van der Waals surface area contributed by atoms with Gasteiger partial charge in [-0.2, -0.15) is 0 Å². The first-order chi connectivity index (χ1) is 11.5. The van der Waals surface area contributed by atoms with Gasteiger partial charge < -0.3 is 10.1 Å². The van der Waals surface area contributed by atoms with Crippen molar-refractivity contribution in [2.75, 3.05) is 6.61 Å². The molecular weight excluding hydrogens is 308 g/mol. The highest BCUT2D eigenvalue weighted by Gasteiger charge is 2.13. The molecule has 0 spiro atoms. The van der Waals surface area contributed by atoms with Crippen LogP contribution in [0.3, 0.4) is 0 Å². The molecule has 0 saturated heterocycles. The van der Waals surface area contributed by atoms with Gasteiger partial charge in [-0.1, -0.05) is 30.3 Å². The van der Waals surface area contributed by atoms with Gasteiger partial charge in [0.2, 0.25) is 5.91 Å². The topological polar surface area (TPSA) is 81.5 Å². The summed E-state index contributed by atoms with van der Waals surface area (Å²) in [7, 11) is 0. The Kier molecular flexibility index (Phi) is 5.89. The van der Waals surface area contributed by atoms with E-state index in [1.54, 1.807) is 18.2 Å². The van der Waals surface area contributed by atoms with Gasteiger partial charge in [0.05, 0.1) is 18.0 Å². The van der Waals surface area contributed by atoms with E-state index < -0.39 is 4.92 Å². The Morgan fingerprint density at radius 2 is 1.96 bits per heavy atom. The summed E-state index contributed by atoms with van der Waals surface area (Å²) >= 11 is 0. The van der Waals surface area contributed by atoms with E-state index in [2.05, 4.69) is 5.32 Å². The lowest BCUT2D eigenvalue weighted by atomic mass is 10.1. The number of carbonyl (C=O) groups is 1. The Labute approximate surface area is 140 Å². The van der Waals surface area contributed by atoms with Crippen molar-refractivity contribution in [3.8, 4) is 5.75 Å². The fraction of sp³-hybridized carbons (Fsp3) is 0.278. The fourth-order valence-corrected chi connectivity index (χ4v) is 2.24. The third kappa shape index (κ3) is 4.81. The van der Waals surface area contributed by atoms with E-state index in [-0.39, 0.29) is 31.2 Å². The molecule has 0 radical (unpaired) electrons. The lowest BCUT2D eigenvalue weighted by molar-refractivity contribution is -0.385. The molecule has 126 valence electrons. The van der Waals surface area contributed by atoms with Gasteiger partial charge in [-0.15, -0.1) is 0 Å². The van der Waals surface area contributed by atoms with Crippen molar-refractivity contribution in [3.05, 3.63) is 69.3 Å². The highest BCUT2D eigenvalue weighted by Crippen LogP contribution is 2.19. The van der Waals surface area contributed by atoms with E-state index in [1.165, 1.54) is 6.07 Å². The van der Waals surface area contributed by atoms with Crippen LogP contribution in [0.25, 0.3) is 0 Å². The Hall–Kier alpha value is -2.89. The molecule has 0 fully saturated rings. The van der Waals surface area contributed by atoms with Crippen molar-refractivity contribution in [1.82, 2.24) is 5.32 Å². The molecule has 0 aliphatic rings. The molecule has 1 N–H and O–H groups in total. The number of amides is 1. The Morgan fingerprint density at radius 3 is 2.71 bits per heavy atom. The van der Waals surface area contributed by atoms with E-state index in [9.17, 15) is 14.9 Å². The van der Waals surface area contributed by atoms with Gasteiger partial charge in [-0.05, 0) is 31.0 Å². The molecule has 0 heterocycles. The van der Waals surface area contributed by atoms with Crippen molar-refractivity contribution in [2.45, 2.75) is 26.8 Å². The number of nitro benzene ring substituents is 1. The SMILES string of the molecule is Cc1ccc(C)c(OCCC(=O)NCc2ccccc2[N+](=O)[O-])c1. The molecular formula is C18H20N2O4. The molecule has 0 bridgehead atoms. The first-order valence-corrected chi connectivity index (χ1v) is 7.66. The van der Waals surface area contributed by atoms with Gasteiger partial charge in [0.25, 0.3) is 5.69 Å². The Bertz CT molecular complexity index is 744. The van der Waals surface area contributed by atoms with Crippen LogP contribution in [-0.2, 0) is 11.3 Å². The summed E-state index contributed by atoms with van der Waals surface area (Å²) in [5, 5.41) is 13.6. The summed E-state index contributed by atoms with van der Waals surface area (Å²) in [6.45, 7) is 4.31. The van der Waals surface area contributed by atoms with Crippen LogP contribution in [0, 0.1) is 24.0 Å². The molecule has 2 aromatic carbocycles. The zero-order chi connectivity index (χ0) is 17.5. The number of aryl methyl sites for hydroxylation is 2. The summed E-state index contributed by atoms with van der Waals surface area (Å²) in [4.78, 5) is 22.4. The van der Waals surface area contributed by atoms with E-state index in [0.29, 0.717) is 5.56 Å². The van der Waals surface area contributed by atoms with Crippen LogP contribution >= 0.6 is 0 Å². The van der Waals surface area contributed by atoms with Crippen molar-refractivity contribution < 1.29 is 14.5 Å². The number of rotatable bonds is 7. The molecule has 6 nitrogen and oxygen atoms in total. The number of benzene rings is 2. The van der Waals surface area contributed by atoms with Gasteiger partial charge in [-0.25, -0.2) is 0 Å². The number of hydrogen-bond donors (Lipinski definition) is 1. The number of ether oxygens (including phenoxy) is 1. The second-order valence-corrected chi connectivity index (χ2v) is 5.53. The average Bonchev–Trinajstić information content (AvgIpc) is 2.56. The summed E-state index contributed by atoms with van der Waals surface area (Å²) in [5.74, 6) is 0.556. The average molecular weight is 328 g/mol. The molecule has 6 heteroatoms. The largest absolute Gasteiger partial charge is 0.493 e. The molecule has 0 aliphatic heterocycles. The van der Waals surface area contributed by atoms with Gasteiger partial charge >= 0.3 is 0 Å².